The van der Waals surface area contributed by atoms with E-state index >= 15 is 0 Å². The molecule has 1 rings (SSSR count). The van der Waals surface area contributed by atoms with Gasteiger partial charge in [0.25, 0.3) is 5.91 Å². The summed E-state index contributed by atoms with van der Waals surface area (Å²) in [6, 6.07) is 3.71. The van der Waals surface area contributed by atoms with Crippen molar-refractivity contribution in [3.63, 3.8) is 0 Å². The van der Waals surface area contributed by atoms with Crippen molar-refractivity contribution < 1.29 is 14.7 Å². The summed E-state index contributed by atoms with van der Waals surface area (Å²) >= 11 is 3.09. The molecule has 0 radical (unpaired) electrons. The molecule has 0 fully saturated rings. The quantitative estimate of drug-likeness (QED) is 0.713. The lowest BCUT2D eigenvalue weighted by atomic mass is 10.3. The van der Waals surface area contributed by atoms with Gasteiger partial charge in [0.1, 0.15) is 0 Å². The number of amides is 1. The molecule has 0 aromatic carbocycles. The second kappa shape index (κ2) is 8.69. The van der Waals surface area contributed by atoms with E-state index < -0.39 is 5.97 Å². The first-order chi connectivity index (χ1) is 9.90. The maximum atomic E-state index is 11.8. The number of nitrogens with one attached hydrogen (secondary N) is 1. The number of thiophene rings is 1. The molecular weight excluding hydrogens is 306 g/mol. The highest BCUT2D eigenvalue weighted by molar-refractivity contribution is 8.02. The Bertz CT molecular complexity index is 549. The third-order valence-electron chi connectivity index (χ3n) is 2.51. The van der Waals surface area contributed by atoms with Gasteiger partial charge in [0.05, 0.1) is 11.3 Å². The van der Waals surface area contributed by atoms with Gasteiger partial charge in [-0.3, -0.25) is 9.59 Å². The summed E-state index contributed by atoms with van der Waals surface area (Å²) in [4.78, 5) is 23.9. The Morgan fingerprint density at radius 3 is 2.86 bits per heavy atom. The number of carboxylic acid groups (broad SMARTS) is 1. The lowest BCUT2D eigenvalue weighted by Crippen LogP contribution is -2.25. The lowest BCUT2D eigenvalue weighted by Gasteiger charge is -2.05. The smallest absolute Gasteiger partial charge is 0.305 e. The zero-order chi connectivity index (χ0) is 15.8. The minimum atomic E-state index is -0.920. The average molecular weight is 325 g/mol. The van der Waals surface area contributed by atoms with E-state index in [9.17, 15) is 9.59 Å². The summed E-state index contributed by atoms with van der Waals surface area (Å²) in [7, 11) is 0. The van der Waals surface area contributed by atoms with E-state index in [2.05, 4.69) is 18.8 Å². The highest BCUT2D eigenvalue weighted by Gasteiger charge is 2.13. The van der Waals surface area contributed by atoms with Crippen molar-refractivity contribution in [2.24, 2.45) is 0 Å². The summed E-state index contributed by atoms with van der Waals surface area (Å²) in [5.41, 5.74) is 0.999. The van der Waals surface area contributed by atoms with Crippen molar-refractivity contribution in [3.8, 4) is 0 Å². The molecule has 0 saturated carbocycles. The molecule has 0 aliphatic heterocycles. The first-order valence-corrected chi connectivity index (χ1v) is 8.23. The van der Waals surface area contributed by atoms with Crippen LogP contribution >= 0.6 is 23.1 Å². The van der Waals surface area contributed by atoms with E-state index in [1.165, 1.54) is 11.3 Å². The van der Waals surface area contributed by atoms with Crippen LogP contribution in [0.15, 0.2) is 35.8 Å². The third kappa shape index (κ3) is 6.64. The Morgan fingerprint density at radius 2 is 2.24 bits per heavy atom. The van der Waals surface area contributed by atoms with Crippen LogP contribution in [0.3, 0.4) is 0 Å². The Labute approximate surface area is 132 Å². The van der Waals surface area contributed by atoms with Crippen molar-refractivity contribution in [1.29, 1.82) is 0 Å². The maximum absolute atomic E-state index is 11.8. The second-order valence-corrected chi connectivity index (χ2v) is 6.90. The van der Waals surface area contributed by atoms with Crippen LogP contribution in [0.2, 0.25) is 0 Å². The van der Waals surface area contributed by atoms with Gasteiger partial charge in [0.2, 0.25) is 0 Å². The number of carbonyl (C=O) groups excluding carboxylic acids is 1. The summed E-state index contributed by atoms with van der Waals surface area (Å²) in [5.74, 6) is -1.14. The van der Waals surface area contributed by atoms with Crippen LogP contribution in [0.5, 0.6) is 0 Å². The van der Waals surface area contributed by atoms with Gasteiger partial charge in [-0.05, 0) is 31.4 Å². The third-order valence-corrected chi connectivity index (χ3v) is 4.88. The van der Waals surface area contributed by atoms with Gasteiger partial charge in [-0.1, -0.05) is 18.2 Å². The van der Waals surface area contributed by atoms with Gasteiger partial charge in [0, 0.05) is 16.7 Å². The van der Waals surface area contributed by atoms with Gasteiger partial charge in [0.15, 0.2) is 0 Å². The summed E-state index contributed by atoms with van der Waals surface area (Å²) in [5, 5.41) is 13.4. The van der Waals surface area contributed by atoms with Gasteiger partial charge < -0.3 is 10.4 Å². The Hall–Kier alpha value is -1.53. The summed E-state index contributed by atoms with van der Waals surface area (Å²) < 4.78 is 0. The molecule has 1 amide bonds. The molecule has 0 bridgehead atoms. The number of hydrogen-bond acceptors (Lipinski definition) is 4. The van der Waals surface area contributed by atoms with Gasteiger partial charge in [-0.2, -0.15) is 0 Å². The van der Waals surface area contributed by atoms with Crippen molar-refractivity contribution in [2.45, 2.75) is 25.5 Å². The van der Waals surface area contributed by atoms with Crippen LogP contribution in [0.1, 0.15) is 40.1 Å². The average Bonchev–Trinajstić information content (AvgIpc) is 2.87. The fourth-order valence-electron chi connectivity index (χ4n) is 1.40. The fraction of sp³-hybridized carbons (Fsp3) is 0.333. The molecule has 6 heteroatoms. The number of rotatable bonds is 8. The van der Waals surface area contributed by atoms with Gasteiger partial charge in [-0.25, -0.2) is 0 Å². The summed E-state index contributed by atoms with van der Waals surface area (Å²) in [6.45, 7) is 7.96. The molecule has 0 saturated heterocycles. The number of carboxylic acids is 1. The zero-order valence-electron chi connectivity index (χ0n) is 12.1. The maximum Gasteiger partial charge on any atom is 0.305 e. The summed E-state index contributed by atoms with van der Waals surface area (Å²) in [6.07, 6.45) is 1.89. The first kappa shape index (κ1) is 17.5. The molecule has 21 heavy (non-hydrogen) atoms. The predicted octanol–water partition coefficient (Wildman–Crippen LogP) is 3.84. The predicted molar refractivity (Wildman–Crippen MR) is 88.9 cm³/mol. The molecule has 1 aromatic heterocycles. The molecular formula is C15H19NO3S2. The van der Waals surface area contributed by atoms with E-state index in [-0.39, 0.29) is 24.1 Å². The van der Waals surface area contributed by atoms with Gasteiger partial charge in [-0.15, -0.1) is 23.1 Å². The van der Waals surface area contributed by atoms with Crippen molar-refractivity contribution in [1.82, 2.24) is 5.32 Å². The number of carbonyl (C=O) groups is 2. The van der Waals surface area contributed by atoms with E-state index in [1.807, 2.05) is 24.5 Å². The molecule has 0 aliphatic carbocycles. The van der Waals surface area contributed by atoms with E-state index in [1.54, 1.807) is 17.8 Å². The van der Waals surface area contributed by atoms with Crippen molar-refractivity contribution in [3.05, 3.63) is 45.5 Å². The van der Waals surface area contributed by atoms with Crippen LogP contribution in [-0.2, 0) is 4.79 Å². The highest BCUT2D eigenvalue weighted by Crippen LogP contribution is 2.34. The van der Waals surface area contributed by atoms with E-state index in [0.29, 0.717) is 4.88 Å². The Kier molecular flexibility index (Phi) is 7.25. The van der Waals surface area contributed by atoms with E-state index in [4.69, 9.17) is 5.11 Å². The Morgan fingerprint density at radius 1 is 1.52 bits per heavy atom. The van der Waals surface area contributed by atoms with Crippen LogP contribution in [0, 0.1) is 0 Å². The van der Waals surface area contributed by atoms with Crippen LogP contribution in [0.25, 0.3) is 0 Å². The Balaban J connectivity index is 2.53. The number of hydrogen-bond donors (Lipinski definition) is 2. The lowest BCUT2D eigenvalue weighted by molar-refractivity contribution is -0.136. The number of allylic oxidation sites excluding steroid dienone is 2. The monoisotopic (exact) mass is 325 g/mol. The number of aliphatic carboxylic acids is 1. The second-order valence-electron chi connectivity index (χ2n) is 4.53. The fourth-order valence-corrected chi connectivity index (χ4v) is 3.33. The molecule has 1 unspecified atom stereocenters. The van der Waals surface area contributed by atoms with E-state index in [0.717, 1.165) is 10.5 Å². The standard InChI is InChI=1S/C15H19NO3S2/c1-10(2)7-9-20-11(3)12-4-5-13(21-12)15(19)16-8-6-14(17)18/h4-5,7,9,11H,1,6,8H2,2-3H3,(H,16,19)(H,17,18)/b9-7+. The van der Waals surface area contributed by atoms with Crippen LogP contribution < -0.4 is 5.32 Å². The molecule has 2 N–H and O–H groups in total. The molecule has 114 valence electrons. The van der Waals surface area contributed by atoms with Crippen molar-refractivity contribution in [2.75, 3.05) is 6.54 Å². The van der Waals surface area contributed by atoms with Crippen molar-refractivity contribution >= 4 is 35.0 Å². The molecule has 1 aromatic rings. The minimum absolute atomic E-state index is 0.0675. The molecule has 1 heterocycles. The normalized spacial score (nSPS) is 12.3. The number of thioether (sulfide) groups is 1. The van der Waals surface area contributed by atoms with Gasteiger partial charge >= 0.3 is 5.97 Å². The minimum Gasteiger partial charge on any atom is -0.481 e. The molecule has 1 atom stereocenters. The molecule has 0 spiro atoms. The largest absolute Gasteiger partial charge is 0.481 e. The first-order valence-electron chi connectivity index (χ1n) is 6.47. The highest BCUT2D eigenvalue weighted by atomic mass is 32.2. The zero-order valence-corrected chi connectivity index (χ0v) is 13.7. The molecule has 0 aliphatic rings. The molecule has 4 nitrogen and oxygen atoms in total. The SMILES string of the molecule is C=C(C)/C=C/SC(C)c1ccc(C(=O)NCCC(=O)O)s1. The van der Waals surface area contributed by atoms with Crippen LogP contribution in [0.4, 0.5) is 0 Å². The van der Waals surface area contributed by atoms with Crippen LogP contribution in [-0.4, -0.2) is 23.5 Å². The topological polar surface area (TPSA) is 66.4 Å².